The van der Waals surface area contributed by atoms with E-state index in [2.05, 4.69) is 0 Å². The maximum absolute atomic E-state index is 12.1. The fraction of sp³-hybridized carbons (Fsp3) is 0.176. The lowest BCUT2D eigenvalue weighted by Crippen LogP contribution is -1.96. The number of halogens is 1. The van der Waals surface area contributed by atoms with E-state index < -0.39 is 5.97 Å². The van der Waals surface area contributed by atoms with Crippen LogP contribution >= 0.6 is 22.9 Å². The Morgan fingerprint density at radius 1 is 1.29 bits per heavy atom. The lowest BCUT2D eigenvalue weighted by atomic mass is 10.1. The first-order chi connectivity index (χ1) is 11.5. The average molecular weight is 367 g/mol. The van der Waals surface area contributed by atoms with E-state index in [1.54, 1.807) is 18.2 Å². The van der Waals surface area contributed by atoms with Crippen molar-refractivity contribution in [1.29, 1.82) is 0 Å². The standard InChI is InChI=1S/C17H15ClO5S/c1-3-23-13-9-10(8-11(18)16(13)22-2)4-5-12(19)14-6-7-15(24-14)17(20)21/h4-9H,3H2,1-2H3,(H,20,21)/b5-4+. The van der Waals surface area contributed by atoms with Gasteiger partial charge in [0.05, 0.1) is 23.6 Å². The summed E-state index contributed by atoms with van der Waals surface area (Å²) in [6.07, 6.45) is 2.96. The van der Waals surface area contributed by atoms with Gasteiger partial charge in [-0.15, -0.1) is 11.3 Å². The molecule has 0 aliphatic heterocycles. The fourth-order valence-corrected chi connectivity index (χ4v) is 3.05. The highest BCUT2D eigenvalue weighted by atomic mass is 35.5. The summed E-state index contributed by atoms with van der Waals surface area (Å²) in [4.78, 5) is 23.4. The number of carbonyl (C=O) groups is 2. The number of benzene rings is 1. The predicted octanol–water partition coefficient (Wildman–Crippen LogP) is 4.40. The molecule has 126 valence electrons. The summed E-state index contributed by atoms with van der Waals surface area (Å²) < 4.78 is 10.7. The lowest BCUT2D eigenvalue weighted by Gasteiger charge is -2.11. The van der Waals surface area contributed by atoms with E-state index in [4.69, 9.17) is 26.2 Å². The minimum atomic E-state index is -1.05. The van der Waals surface area contributed by atoms with Gasteiger partial charge in [0.25, 0.3) is 0 Å². The van der Waals surface area contributed by atoms with E-state index >= 15 is 0 Å². The monoisotopic (exact) mass is 366 g/mol. The first-order valence-electron chi connectivity index (χ1n) is 7.02. The molecule has 0 fully saturated rings. The summed E-state index contributed by atoms with van der Waals surface area (Å²) in [5, 5.41) is 9.26. The molecule has 0 atom stereocenters. The number of aromatic carboxylic acids is 1. The number of ketones is 1. The van der Waals surface area contributed by atoms with E-state index in [9.17, 15) is 9.59 Å². The van der Waals surface area contributed by atoms with Gasteiger partial charge in [-0.3, -0.25) is 4.79 Å². The van der Waals surface area contributed by atoms with Gasteiger partial charge in [-0.25, -0.2) is 4.79 Å². The third-order valence-corrected chi connectivity index (χ3v) is 4.39. The predicted molar refractivity (Wildman–Crippen MR) is 93.8 cm³/mol. The lowest BCUT2D eigenvalue weighted by molar-refractivity contribution is 0.0702. The van der Waals surface area contributed by atoms with Crippen molar-refractivity contribution >= 4 is 40.8 Å². The Hall–Kier alpha value is -2.31. The minimum absolute atomic E-state index is 0.123. The van der Waals surface area contributed by atoms with Crippen LogP contribution in [0.5, 0.6) is 11.5 Å². The molecule has 2 aromatic rings. The van der Waals surface area contributed by atoms with Crippen molar-refractivity contribution in [3.8, 4) is 11.5 Å². The first-order valence-corrected chi connectivity index (χ1v) is 8.21. The van der Waals surface area contributed by atoms with Crippen molar-refractivity contribution < 1.29 is 24.2 Å². The third kappa shape index (κ3) is 4.15. The fourth-order valence-electron chi connectivity index (χ4n) is 1.98. The number of carboxylic acid groups (broad SMARTS) is 1. The van der Waals surface area contributed by atoms with Crippen LogP contribution in [-0.4, -0.2) is 30.6 Å². The van der Waals surface area contributed by atoms with Gasteiger partial charge in [-0.2, -0.15) is 0 Å². The SMILES string of the molecule is CCOc1cc(/C=C/C(=O)c2ccc(C(=O)O)s2)cc(Cl)c1OC. The second kappa shape index (κ2) is 7.99. The van der Waals surface area contributed by atoms with E-state index in [1.807, 2.05) is 6.92 Å². The Labute approximate surface area is 148 Å². The molecule has 0 saturated heterocycles. The number of hydrogen-bond acceptors (Lipinski definition) is 5. The smallest absolute Gasteiger partial charge is 0.345 e. The molecular weight excluding hydrogens is 352 g/mol. The van der Waals surface area contributed by atoms with Crippen LogP contribution in [0.25, 0.3) is 6.08 Å². The van der Waals surface area contributed by atoms with Crippen LogP contribution in [-0.2, 0) is 0 Å². The normalized spacial score (nSPS) is 10.8. The Morgan fingerprint density at radius 2 is 2.00 bits per heavy atom. The summed E-state index contributed by atoms with van der Waals surface area (Å²) in [5.74, 6) is -0.404. The van der Waals surface area contributed by atoms with Gasteiger partial charge in [0.2, 0.25) is 0 Å². The Balaban J connectivity index is 2.24. The summed E-state index contributed by atoms with van der Waals surface area (Å²) in [7, 11) is 1.50. The molecule has 0 radical (unpaired) electrons. The van der Waals surface area contributed by atoms with Crippen molar-refractivity contribution in [1.82, 2.24) is 0 Å². The van der Waals surface area contributed by atoms with Crippen LogP contribution in [0.1, 0.15) is 31.8 Å². The zero-order chi connectivity index (χ0) is 17.7. The number of ether oxygens (including phenoxy) is 2. The molecule has 0 unspecified atom stereocenters. The van der Waals surface area contributed by atoms with Crippen LogP contribution in [0.2, 0.25) is 5.02 Å². The number of hydrogen-bond donors (Lipinski definition) is 1. The maximum atomic E-state index is 12.1. The van der Waals surface area contributed by atoms with E-state index in [0.29, 0.717) is 33.6 Å². The highest BCUT2D eigenvalue weighted by Gasteiger charge is 2.12. The molecule has 0 amide bonds. The summed E-state index contributed by atoms with van der Waals surface area (Å²) in [5.41, 5.74) is 0.674. The summed E-state index contributed by atoms with van der Waals surface area (Å²) in [6.45, 7) is 2.29. The Kier molecular flexibility index (Phi) is 6.00. The molecule has 5 nitrogen and oxygen atoms in total. The topological polar surface area (TPSA) is 72.8 Å². The Bertz CT molecular complexity index is 794. The quantitative estimate of drug-likeness (QED) is 0.580. The van der Waals surface area contributed by atoms with Gasteiger partial charge in [0.15, 0.2) is 17.3 Å². The zero-order valence-electron chi connectivity index (χ0n) is 13.0. The van der Waals surface area contributed by atoms with Gasteiger partial charge >= 0.3 is 5.97 Å². The van der Waals surface area contributed by atoms with Gasteiger partial charge in [-0.1, -0.05) is 17.7 Å². The second-order valence-electron chi connectivity index (χ2n) is 4.63. The highest BCUT2D eigenvalue weighted by Crippen LogP contribution is 2.36. The van der Waals surface area contributed by atoms with Gasteiger partial charge < -0.3 is 14.6 Å². The van der Waals surface area contributed by atoms with E-state index in [1.165, 1.54) is 25.3 Å². The van der Waals surface area contributed by atoms with Crippen LogP contribution in [0, 0.1) is 0 Å². The van der Waals surface area contributed by atoms with Gasteiger partial charge in [0, 0.05) is 0 Å². The molecule has 1 aromatic heterocycles. The van der Waals surface area contributed by atoms with Crippen LogP contribution in [0.15, 0.2) is 30.3 Å². The molecule has 0 bridgehead atoms. The largest absolute Gasteiger partial charge is 0.491 e. The molecule has 7 heteroatoms. The molecule has 24 heavy (non-hydrogen) atoms. The minimum Gasteiger partial charge on any atom is -0.491 e. The molecule has 0 saturated carbocycles. The maximum Gasteiger partial charge on any atom is 0.345 e. The van der Waals surface area contributed by atoms with Gasteiger partial charge in [0.1, 0.15) is 4.88 Å². The second-order valence-corrected chi connectivity index (χ2v) is 6.12. The summed E-state index contributed by atoms with van der Waals surface area (Å²) in [6, 6.07) is 6.28. The molecule has 1 N–H and O–H groups in total. The van der Waals surface area contributed by atoms with Crippen LogP contribution in [0.4, 0.5) is 0 Å². The average Bonchev–Trinajstić information content (AvgIpc) is 3.03. The van der Waals surface area contributed by atoms with Crippen molar-refractivity contribution in [2.45, 2.75) is 6.92 Å². The number of carbonyl (C=O) groups excluding carboxylic acids is 1. The molecule has 0 aliphatic carbocycles. The number of carboxylic acids is 1. The number of allylic oxidation sites excluding steroid dienone is 1. The van der Waals surface area contributed by atoms with Crippen LogP contribution in [0.3, 0.4) is 0 Å². The highest BCUT2D eigenvalue weighted by molar-refractivity contribution is 7.16. The van der Waals surface area contributed by atoms with Crippen molar-refractivity contribution in [2.75, 3.05) is 13.7 Å². The summed E-state index contributed by atoms with van der Waals surface area (Å²) >= 11 is 7.09. The molecule has 2 rings (SSSR count). The molecule has 0 aliphatic rings. The molecule has 1 aromatic carbocycles. The van der Waals surface area contributed by atoms with E-state index in [-0.39, 0.29) is 10.7 Å². The third-order valence-electron chi connectivity index (χ3n) is 3.02. The Morgan fingerprint density at radius 3 is 2.58 bits per heavy atom. The number of thiophene rings is 1. The van der Waals surface area contributed by atoms with Crippen LogP contribution < -0.4 is 9.47 Å². The molecule has 1 heterocycles. The zero-order valence-corrected chi connectivity index (χ0v) is 14.6. The van der Waals surface area contributed by atoms with Crippen molar-refractivity contribution in [2.24, 2.45) is 0 Å². The van der Waals surface area contributed by atoms with Crippen molar-refractivity contribution in [3.05, 3.63) is 50.7 Å². The number of rotatable bonds is 7. The first kappa shape index (κ1) is 18.0. The molecule has 0 spiro atoms. The number of methoxy groups -OCH3 is 1. The van der Waals surface area contributed by atoms with E-state index in [0.717, 1.165) is 11.3 Å². The molecular formula is C17H15ClO5S. The van der Waals surface area contributed by atoms with Crippen molar-refractivity contribution in [3.63, 3.8) is 0 Å². The van der Waals surface area contributed by atoms with Gasteiger partial charge in [-0.05, 0) is 42.8 Å².